The van der Waals surface area contributed by atoms with Crippen molar-refractivity contribution in [1.29, 1.82) is 0 Å². The fourth-order valence-electron chi connectivity index (χ4n) is 4.28. The van der Waals surface area contributed by atoms with Crippen LogP contribution in [-0.4, -0.2) is 57.9 Å². The number of carboxylic acids is 1. The van der Waals surface area contributed by atoms with Gasteiger partial charge in [0.2, 0.25) is 0 Å². The summed E-state index contributed by atoms with van der Waals surface area (Å²) in [5.41, 5.74) is 0.0293. The third-order valence-electron chi connectivity index (χ3n) is 6.39. The molecule has 0 spiro atoms. The van der Waals surface area contributed by atoms with Gasteiger partial charge in [0.25, 0.3) is 0 Å². The van der Waals surface area contributed by atoms with Gasteiger partial charge in [0.1, 0.15) is 40.2 Å². The Labute approximate surface area is 235 Å². The van der Waals surface area contributed by atoms with E-state index < -0.39 is 39.8 Å². The fourth-order valence-corrected chi connectivity index (χ4v) is 4.92. The lowest BCUT2D eigenvalue weighted by atomic mass is 9.91. The van der Waals surface area contributed by atoms with Gasteiger partial charge in [-0.25, -0.2) is 13.2 Å². The highest BCUT2D eigenvalue weighted by Crippen LogP contribution is 2.39. The Hall–Kier alpha value is -3.61. The minimum absolute atomic E-state index is 0.00103. The highest BCUT2D eigenvalue weighted by molar-refractivity contribution is 7.90. The molecule has 3 aromatic carbocycles. The summed E-state index contributed by atoms with van der Waals surface area (Å²) in [7, 11) is -3.19. The molecule has 0 radical (unpaired) electrons. The molecule has 0 atom stereocenters. The van der Waals surface area contributed by atoms with Gasteiger partial charge < -0.3 is 24.1 Å². The van der Waals surface area contributed by atoms with Gasteiger partial charge >= 0.3 is 12.1 Å². The molecule has 0 saturated carbocycles. The summed E-state index contributed by atoms with van der Waals surface area (Å²) >= 11 is 0. The molecule has 1 heterocycles. The number of carbonyl (C=O) groups is 1. The van der Waals surface area contributed by atoms with E-state index >= 15 is 0 Å². The van der Waals surface area contributed by atoms with Crippen molar-refractivity contribution in [3.63, 3.8) is 0 Å². The standard InChI is InChI=1S/C29H29F3O8S/c1-41(35,36)13-3-12-38-24-10-11-25(26(15-24)29(30,31)32)21-5-2-4-20(14-21)16-39-23-8-6-22(7-9-23)28(18-37-19-28)40-17-27(33)34/h2,4-11,14-15H,3,12-13,16-19H2,1H3,(H,33,34). The third-order valence-corrected chi connectivity index (χ3v) is 7.42. The number of hydrogen-bond acceptors (Lipinski definition) is 7. The molecule has 12 heteroatoms. The predicted molar refractivity (Wildman–Crippen MR) is 144 cm³/mol. The van der Waals surface area contributed by atoms with E-state index in [4.69, 9.17) is 24.1 Å². The Morgan fingerprint density at radius 2 is 1.71 bits per heavy atom. The van der Waals surface area contributed by atoms with Crippen molar-refractivity contribution in [2.75, 3.05) is 38.4 Å². The molecule has 1 N–H and O–H groups in total. The molecule has 0 aromatic heterocycles. The van der Waals surface area contributed by atoms with E-state index in [0.717, 1.165) is 17.9 Å². The van der Waals surface area contributed by atoms with Gasteiger partial charge in [-0.3, -0.25) is 0 Å². The molecule has 1 fully saturated rings. The number of rotatable bonds is 13. The molecule has 220 valence electrons. The maximum atomic E-state index is 14.0. The summed E-state index contributed by atoms with van der Waals surface area (Å²) < 4.78 is 86.4. The zero-order valence-corrected chi connectivity index (χ0v) is 23.0. The lowest BCUT2D eigenvalue weighted by molar-refractivity contribution is -0.220. The number of ether oxygens (including phenoxy) is 4. The van der Waals surface area contributed by atoms with Gasteiger partial charge in [-0.15, -0.1) is 0 Å². The maximum Gasteiger partial charge on any atom is 0.417 e. The van der Waals surface area contributed by atoms with Crippen molar-refractivity contribution in [2.45, 2.75) is 24.8 Å². The molecular formula is C29H29F3O8S. The summed E-state index contributed by atoms with van der Waals surface area (Å²) in [4.78, 5) is 10.9. The average Bonchev–Trinajstić information content (AvgIpc) is 2.89. The largest absolute Gasteiger partial charge is 0.494 e. The van der Waals surface area contributed by atoms with Crippen LogP contribution in [0.4, 0.5) is 13.2 Å². The van der Waals surface area contributed by atoms with E-state index in [1.807, 2.05) is 0 Å². The second kappa shape index (κ2) is 12.5. The van der Waals surface area contributed by atoms with Gasteiger partial charge in [-0.1, -0.05) is 36.4 Å². The normalized spacial score (nSPS) is 14.7. The zero-order chi connectivity index (χ0) is 29.7. The van der Waals surface area contributed by atoms with Gasteiger partial charge in [-0.2, -0.15) is 13.2 Å². The second-order valence-corrected chi connectivity index (χ2v) is 12.0. The van der Waals surface area contributed by atoms with E-state index in [1.54, 1.807) is 48.5 Å². The summed E-state index contributed by atoms with van der Waals surface area (Å²) in [5.74, 6) is -0.679. The predicted octanol–water partition coefficient (Wildman–Crippen LogP) is 5.09. The first-order valence-corrected chi connectivity index (χ1v) is 14.7. The van der Waals surface area contributed by atoms with E-state index in [-0.39, 0.29) is 49.9 Å². The van der Waals surface area contributed by atoms with Crippen LogP contribution in [0.1, 0.15) is 23.1 Å². The minimum Gasteiger partial charge on any atom is -0.494 e. The number of carboxylic acid groups (broad SMARTS) is 1. The highest BCUT2D eigenvalue weighted by Gasteiger charge is 2.42. The number of aliphatic carboxylic acids is 1. The van der Waals surface area contributed by atoms with E-state index in [2.05, 4.69) is 0 Å². The monoisotopic (exact) mass is 594 g/mol. The van der Waals surface area contributed by atoms with Crippen LogP contribution in [0.25, 0.3) is 11.1 Å². The van der Waals surface area contributed by atoms with Crippen LogP contribution in [0.3, 0.4) is 0 Å². The number of alkyl halides is 3. The van der Waals surface area contributed by atoms with Crippen molar-refractivity contribution < 1.29 is 50.4 Å². The average molecular weight is 595 g/mol. The van der Waals surface area contributed by atoms with Crippen molar-refractivity contribution in [3.05, 3.63) is 83.4 Å². The van der Waals surface area contributed by atoms with Crippen LogP contribution in [0.15, 0.2) is 66.7 Å². The smallest absolute Gasteiger partial charge is 0.417 e. The molecule has 3 aromatic rings. The molecule has 0 unspecified atom stereocenters. The molecule has 0 bridgehead atoms. The summed E-state index contributed by atoms with van der Waals surface area (Å²) in [6.45, 7) is 0.101. The van der Waals surface area contributed by atoms with Crippen molar-refractivity contribution >= 4 is 15.8 Å². The summed E-state index contributed by atoms with van der Waals surface area (Å²) in [6.07, 6.45) is -3.39. The van der Waals surface area contributed by atoms with Crippen LogP contribution in [0.5, 0.6) is 11.5 Å². The van der Waals surface area contributed by atoms with E-state index in [9.17, 15) is 26.4 Å². The molecule has 1 aliphatic heterocycles. The van der Waals surface area contributed by atoms with Gasteiger partial charge in [0.05, 0.1) is 31.1 Å². The van der Waals surface area contributed by atoms with Crippen molar-refractivity contribution in [2.24, 2.45) is 0 Å². The van der Waals surface area contributed by atoms with Crippen molar-refractivity contribution in [3.8, 4) is 22.6 Å². The van der Waals surface area contributed by atoms with Crippen LogP contribution >= 0.6 is 0 Å². The fraction of sp³-hybridized carbons (Fsp3) is 0.345. The minimum atomic E-state index is -4.65. The molecule has 0 aliphatic carbocycles. The van der Waals surface area contributed by atoms with Crippen molar-refractivity contribution in [1.82, 2.24) is 0 Å². The lowest BCUT2D eigenvalue weighted by Gasteiger charge is -2.41. The number of hydrogen-bond donors (Lipinski definition) is 1. The molecular weight excluding hydrogens is 565 g/mol. The Morgan fingerprint density at radius 1 is 1.00 bits per heavy atom. The zero-order valence-electron chi connectivity index (χ0n) is 22.1. The summed E-state index contributed by atoms with van der Waals surface area (Å²) in [5, 5.41) is 8.92. The first kappa shape index (κ1) is 30.4. The second-order valence-electron chi connectivity index (χ2n) is 9.72. The van der Waals surface area contributed by atoms with Gasteiger partial charge in [0.15, 0.2) is 0 Å². The molecule has 0 amide bonds. The molecule has 4 rings (SSSR count). The van der Waals surface area contributed by atoms with Crippen LogP contribution in [-0.2, 0) is 42.5 Å². The number of sulfone groups is 1. The third kappa shape index (κ3) is 8.21. The van der Waals surface area contributed by atoms with Crippen LogP contribution in [0.2, 0.25) is 0 Å². The molecule has 8 nitrogen and oxygen atoms in total. The Morgan fingerprint density at radius 3 is 2.32 bits per heavy atom. The topological polar surface area (TPSA) is 108 Å². The van der Waals surface area contributed by atoms with Gasteiger partial charge in [-0.05, 0) is 59.0 Å². The molecule has 1 aliphatic rings. The number of halogens is 3. The lowest BCUT2D eigenvalue weighted by Crippen LogP contribution is -2.49. The quantitative estimate of drug-likeness (QED) is 0.273. The SMILES string of the molecule is CS(=O)(=O)CCCOc1ccc(-c2cccc(COc3ccc(C4(OCC(=O)O)COC4)cc3)c2)c(C(F)(F)F)c1. The Kier molecular flexibility index (Phi) is 9.25. The Bertz CT molecular complexity index is 1470. The van der Waals surface area contributed by atoms with E-state index in [1.165, 1.54) is 12.1 Å². The van der Waals surface area contributed by atoms with Gasteiger partial charge in [0, 0.05) is 6.26 Å². The van der Waals surface area contributed by atoms with Crippen LogP contribution in [0, 0.1) is 0 Å². The van der Waals surface area contributed by atoms with E-state index in [0.29, 0.717) is 16.9 Å². The first-order chi connectivity index (χ1) is 19.3. The highest BCUT2D eigenvalue weighted by atomic mass is 32.2. The first-order valence-electron chi connectivity index (χ1n) is 12.6. The summed E-state index contributed by atoms with van der Waals surface area (Å²) in [6, 6.07) is 17.2. The maximum absolute atomic E-state index is 14.0. The number of benzene rings is 3. The molecule has 41 heavy (non-hydrogen) atoms. The molecule has 1 saturated heterocycles. The van der Waals surface area contributed by atoms with Crippen LogP contribution < -0.4 is 9.47 Å². The Balaban J connectivity index is 1.44.